The molecule has 100 valence electrons. The lowest BCUT2D eigenvalue weighted by Gasteiger charge is -1.96. The number of nitrogens with zero attached hydrogens (tertiary/aromatic N) is 1. The predicted octanol–water partition coefficient (Wildman–Crippen LogP) is 2.63. The van der Waals surface area contributed by atoms with Crippen LogP contribution in [0.5, 0.6) is 0 Å². The quantitative estimate of drug-likeness (QED) is 0.811. The van der Waals surface area contributed by atoms with Gasteiger partial charge in [0.05, 0.1) is 23.4 Å². The molecular formula is C11H8ClNO5S. The molecule has 19 heavy (non-hydrogen) atoms. The molecule has 0 fully saturated rings. The van der Waals surface area contributed by atoms with E-state index in [0.717, 1.165) is 0 Å². The number of oxazole rings is 1. The molecule has 0 aliphatic rings. The zero-order valence-electron chi connectivity index (χ0n) is 9.93. The van der Waals surface area contributed by atoms with Crippen molar-refractivity contribution in [2.75, 3.05) is 14.2 Å². The highest BCUT2D eigenvalue weighted by Crippen LogP contribution is 2.31. The van der Waals surface area contributed by atoms with Crippen LogP contribution < -0.4 is 0 Å². The number of methoxy groups -OCH3 is 2. The average molecular weight is 302 g/mol. The van der Waals surface area contributed by atoms with E-state index in [1.807, 2.05) is 0 Å². The molecule has 0 atom stereocenters. The van der Waals surface area contributed by atoms with E-state index in [-0.39, 0.29) is 17.3 Å². The molecule has 0 bridgehead atoms. The first-order valence-corrected chi connectivity index (χ1v) is 6.19. The number of hydrogen-bond donors (Lipinski definition) is 0. The zero-order chi connectivity index (χ0) is 14.0. The fraction of sp³-hybridized carbons (Fsp3) is 0.182. The number of halogens is 1. The third kappa shape index (κ3) is 2.61. The maximum atomic E-state index is 11.5. The summed E-state index contributed by atoms with van der Waals surface area (Å²) in [7, 11) is 2.35. The summed E-state index contributed by atoms with van der Waals surface area (Å²) >= 11 is 7.01. The van der Waals surface area contributed by atoms with Crippen molar-refractivity contribution in [3.05, 3.63) is 27.9 Å². The van der Waals surface area contributed by atoms with Gasteiger partial charge in [-0.2, -0.15) is 0 Å². The standard InChI is InChI=1S/C11H8ClNO5S/c1-16-10(14)7-8(11(15)17-2)18-9(13-7)5-3-4-6(12)19-5/h3-4H,1-2H3. The minimum Gasteiger partial charge on any atom is -0.464 e. The third-order valence-electron chi connectivity index (χ3n) is 2.16. The fourth-order valence-corrected chi connectivity index (χ4v) is 2.29. The second kappa shape index (κ2) is 5.41. The van der Waals surface area contributed by atoms with Crippen molar-refractivity contribution in [3.8, 4) is 10.8 Å². The minimum atomic E-state index is -0.804. The van der Waals surface area contributed by atoms with Gasteiger partial charge in [-0.25, -0.2) is 14.6 Å². The molecule has 8 heteroatoms. The van der Waals surface area contributed by atoms with Gasteiger partial charge in [-0.05, 0) is 12.1 Å². The fourth-order valence-electron chi connectivity index (χ4n) is 1.32. The molecule has 0 saturated heterocycles. The second-order valence-corrected chi connectivity index (χ2v) is 5.00. The topological polar surface area (TPSA) is 78.6 Å². The SMILES string of the molecule is COC(=O)c1nc(-c2ccc(Cl)s2)oc1C(=O)OC. The Hall–Kier alpha value is -1.86. The predicted molar refractivity (Wildman–Crippen MR) is 67.5 cm³/mol. The number of aromatic nitrogens is 1. The Morgan fingerprint density at radius 3 is 2.47 bits per heavy atom. The van der Waals surface area contributed by atoms with Crippen LogP contribution in [0.1, 0.15) is 21.0 Å². The monoisotopic (exact) mass is 301 g/mol. The largest absolute Gasteiger partial charge is 0.464 e. The summed E-state index contributed by atoms with van der Waals surface area (Å²) in [5, 5.41) is 0. The summed E-state index contributed by atoms with van der Waals surface area (Å²) in [4.78, 5) is 27.6. The summed E-state index contributed by atoms with van der Waals surface area (Å²) in [6, 6.07) is 3.32. The van der Waals surface area contributed by atoms with Crippen LogP contribution in [0.3, 0.4) is 0 Å². The van der Waals surface area contributed by atoms with Crippen molar-refractivity contribution in [3.63, 3.8) is 0 Å². The molecule has 0 radical (unpaired) electrons. The van der Waals surface area contributed by atoms with Gasteiger partial charge >= 0.3 is 11.9 Å². The molecule has 2 heterocycles. The summed E-state index contributed by atoms with van der Waals surface area (Å²) in [5.41, 5.74) is -0.228. The van der Waals surface area contributed by atoms with Crippen molar-refractivity contribution in [1.82, 2.24) is 4.98 Å². The van der Waals surface area contributed by atoms with E-state index >= 15 is 0 Å². The first-order valence-electron chi connectivity index (χ1n) is 5.00. The van der Waals surface area contributed by atoms with Crippen LogP contribution in [0.25, 0.3) is 10.8 Å². The van der Waals surface area contributed by atoms with E-state index in [2.05, 4.69) is 14.5 Å². The van der Waals surface area contributed by atoms with Crippen molar-refractivity contribution in [1.29, 1.82) is 0 Å². The highest BCUT2D eigenvalue weighted by atomic mass is 35.5. The Balaban J connectivity index is 2.51. The Morgan fingerprint density at radius 1 is 1.26 bits per heavy atom. The first-order chi connectivity index (χ1) is 9.06. The maximum Gasteiger partial charge on any atom is 0.376 e. The van der Waals surface area contributed by atoms with Crippen LogP contribution in [0.2, 0.25) is 4.34 Å². The lowest BCUT2D eigenvalue weighted by molar-refractivity contribution is 0.0527. The number of rotatable bonds is 3. The number of thiophene rings is 1. The molecule has 6 nitrogen and oxygen atoms in total. The summed E-state index contributed by atoms with van der Waals surface area (Å²) in [6.45, 7) is 0. The molecule has 0 N–H and O–H groups in total. The Labute approximate surface area is 116 Å². The molecule has 2 rings (SSSR count). The smallest absolute Gasteiger partial charge is 0.376 e. The van der Waals surface area contributed by atoms with Crippen LogP contribution in [0.15, 0.2) is 16.5 Å². The molecule has 2 aromatic rings. The molecule has 0 saturated carbocycles. The van der Waals surface area contributed by atoms with Gasteiger partial charge in [-0.1, -0.05) is 11.6 Å². The van der Waals surface area contributed by atoms with Gasteiger partial charge in [0.1, 0.15) is 0 Å². The summed E-state index contributed by atoms with van der Waals surface area (Å²) in [6.07, 6.45) is 0. The molecule has 2 aromatic heterocycles. The summed E-state index contributed by atoms with van der Waals surface area (Å²) in [5.74, 6) is -1.77. The van der Waals surface area contributed by atoms with Crippen LogP contribution in [-0.4, -0.2) is 31.1 Å². The van der Waals surface area contributed by atoms with Gasteiger partial charge in [-0.3, -0.25) is 0 Å². The van der Waals surface area contributed by atoms with Crippen LogP contribution >= 0.6 is 22.9 Å². The van der Waals surface area contributed by atoms with Crippen molar-refractivity contribution in [2.24, 2.45) is 0 Å². The van der Waals surface area contributed by atoms with E-state index in [1.165, 1.54) is 25.6 Å². The number of esters is 2. The molecule has 0 amide bonds. The highest BCUT2D eigenvalue weighted by molar-refractivity contribution is 7.19. The number of carbonyl (C=O) groups excluding carboxylic acids is 2. The number of ether oxygens (including phenoxy) is 2. The Morgan fingerprint density at radius 2 is 1.95 bits per heavy atom. The molecule has 0 aliphatic heterocycles. The van der Waals surface area contributed by atoms with E-state index < -0.39 is 11.9 Å². The van der Waals surface area contributed by atoms with Crippen LogP contribution in [0, 0.1) is 0 Å². The van der Waals surface area contributed by atoms with Crippen LogP contribution in [0.4, 0.5) is 0 Å². The highest BCUT2D eigenvalue weighted by Gasteiger charge is 2.27. The lowest BCUT2D eigenvalue weighted by Crippen LogP contribution is -2.10. The summed E-state index contributed by atoms with van der Waals surface area (Å²) < 4.78 is 14.8. The van der Waals surface area contributed by atoms with Gasteiger partial charge in [0.2, 0.25) is 17.3 Å². The molecular weight excluding hydrogens is 294 g/mol. The van der Waals surface area contributed by atoms with Crippen molar-refractivity contribution in [2.45, 2.75) is 0 Å². The van der Waals surface area contributed by atoms with Crippen LogP contribution in [-0.2, 0) is 9.47 Å². The van der Waals surface area contributed by atoms with Crippen molar-refractivity contribution < 1.29 is 23.5 Å². The zero-order valence-corrected chi connectivity index (χ0v) is 11.5. The average Bonchev–Trinajstić information content (AvgIpc) is 3.02. The molecule has 0 aliphatic carbocycles. The van der Waals surface area contributed by atoms with E-state index in [9.17, 15) is 9.59 Å². The van der Waals surface area contributed by atoms with E-state index in [4.69, 9.17) is 16.0 Å². The first kappa shape index (κ1) is 13.6. The van der Waals surface area contributed by atoms with Gasteiger partial charge in [0, 0.05) is 0 Å². The second-order valence-electron chi connectivity index (χ2n) is 3.28. The van der Waals surface area contributed by atoms with E-state index in [1.54, 1.807) is 12.1 Å². The number of carbonyl (C=O) groups is 2. The maximum absolute atomic E-state index is 11.5. The molecule has 0 unspecified atom stereocenters. The Kier molecular flexibility index (Phi) is 3.87. The van der Waals surface area contributed by atoms with E-state index in [0.29, 0.717) is 9.21 Å². The lowest BCUT2D eigenvalue weighted by atomic mass is 10.3. The van der Waals surface area contributed by atoms with Gasteiger partial charge in [0.25, 0.3) is 0 Å². The van der Waals surface area contributed by atoms with Gasteiger partial charge < -0.3 is 13.9 Å². The van der Waals surface area contributed by atoms with Gasteiger partial charge in [0.15, 0.2) is 0 Å². The van der Waals surface area contributed by atoms with Gasteiger partial charge in [-0.15, -0.1) is 11.3 Å². The minimum absolute atomic E-state index is 0.109. The van der Waals surface area contributed by atoms with Crippen molar-refractivity contribution >= 4 is 34.9 Å². The molecule has 0 aromatic carbocycles. The number of hydrogen-bond acceptors (Lipinski definition) is 7. The molecule has 0 spiro atoms. The Bertz CT molecular complexity index is 599. The normalized spacial score (nSPS) is 10.3. The third-order valence-corrected chi connectivity index (χ3v) is 3.38.